The highest BCUT2D eigenvalue weighted by atomic mass is 35.5. The van der Waals surface area contributed by atoms with E-state index in [0.29, 0.717) is 16.3 Å². The summed E-state index contributed by atoms with van der Waals surface area (Å²) in [6.07, 6.45) is 1.71. The van der Waals surface area contributed by atoms with Crippen LogP contribution in [0.5, 0.6) is 5.75 Å². The lowest BCUT2D eigenvalue weighted by Gasteiger charge is -2.25. The smallest absolute Gasteiger partial charge is 0.264 e. The van der Waals surface area contributed by atoms with Gasteiger partial charge in [0.15, 0.2) is 0 Å². The van der Waals surface area contributed by atoms with Gasteiger partial charge in [-0.1, -0.05) is 48.0 Å². The maximum atomic E-state index is 13.4. The van der Waals surface area contributed by atoms with Crippen LogP contribution >= 0.6 is 23.4 Å². The Bertz CT molecular complexity index is 1330. The van der Waals surface area contributed by atoms with Crippen molar-refractivity contribution in [3.63, 3.8) is 0 Å². The van der Waals surface area contributed by atoms with Crippen LogP contribution in [0.1, 0.15) is 11.1 Å². The van der Waals surface area contributed by atoms with Gasteiger partial charge in [0.25, 0.3) is 15.9 Å². The fourth-order valence-electron chi connectivity index (χ4n) is 3.36. The number of amides is 1. The van der Waals surface area contributed by atoms with Crippen LogP contribution < -0.4 is 14.5 Å². The maximum absolute atomic E-state index is 13.4. The van der Waals surface area contributed by atoms with E-state index < -0.39 is 22.5 Å². The molecule has 4 rings (SSSR count). The van der Waals surface area contributed by atoms with E-state index in [4.69, 9.17) is 16.3 Å². The van der Waals surface area contributed by atoms with Crippen molar-refractivity contribution >= 4 is 51.2 Å². The monoisotopic (exact) mass is 529 g/mol. The van der Waals surface area contributed by atoms with E-state index in [1.807, 2.05) is 36.0 Å². The first-order valence-corrected chi connectivity index (χ1v) is 13.8. The van der Waals surface area contributed by atoms with Crippen LogP contribution in [0.2, 0.25) is 5.02 Å². The van der Waals surface area contributed by atoms with Gasteiger partial charge in [0.1, 0.15) is 18.4 Å². The van der Waals surface area contributed by atoms with Gasteiger partial charge in [-0.3, -0.25) is 9.10 Å². The van der Waals surface area contributed by atoms with Gasteiger partial charge in [0.05, 0.1) is 16.8 Å². The first-order chi connectivity index (χ1) is 16.8. The highest BCUT2D eigenvalue weighted by Gasteiger charge is 2.28. The summed E-state index contributed by atoms with van der Waals surface area (Å²) in [5.74, 6) is 2.09. The standard InChI is InChI=1S/C25H24ClN3O4S2/c1-18-10-11-20(26)13-24(18)29(35(31,32)23-8-3-2-4-9-23)15-25(30)28-27-14-19-6-5-7-21(12-19)33-22-16-34-17-22/h2-14,22H,15-17H2,1H3,(H,28,30)/b27-14-. The number of sulfonamides is 1. The number of nitrogens with zero attached hydrogens (tertiary/aromatic N) is 2. The molecule has 1 heterocycles. The van der Waals surface area contributed by atoms with Gasteiger partial charge in [0, 0.05) is 16.5 Å². The van der Waals surface area contributed by atoms with Gasteiger partial charge in [-0.25, -0.2) is 13.8 Å². The molecule has 1 aliphatic heterocycles. The maximum Gasteiger partial charge on any atom is 0.264 e. The summed E-state index contributed by atoms with van der Waals surface area (Å²) >= 11 is 7.98. The van der Waals surface area contributed by atoms with Crippen LogP contribution in [0.25, 0.3) is 0 Å². The summed E-state index contributed by atoms with van der Waals surface area (Å²) in [4.78, 5) is 12.8. The van der Waals surface area contributed by atoms with Gasteiger partial charge in [0.2, 0.25) is 0 Å². The minimum Gasteiger partial charge on any atom is -0.489 e. The molecular formula is C25H24ClN3O4S2. The summed E-state index contributed by atoms with van der Waals surface area (Å²) < 4.78 is 33.8. The number of thioether (sulfide) groups is 1. The summed E-state index contributed by atoms with van der Waals surface area (Å²) in [6, 6.07) is 20.2. The van der Waals surface area contributed by atoms with E-state index in [9.17, 15) is 13.2 Å². The molecule has 1 N–H and O–H groups in total. The third kappa shape index (κ3) is 6.36. The zero-order chi connectivity index (χ0) is 24.8. The Hall–Kier alpha value is -3.01. The number of halogens is 1. The molecule has 0 aliphatic carbocycles. The minimum atomic E-state index is -4.04. The first kappa shape index (κ1) is 25.1. The average Bonchev–Trinajstić information content (AvgIpc) is 2.82. The quantitative estimate of drug-likeness (QED) is 0.326. The van der Waals surface area contributed by atoms with E-state index in [1.165, 1.54) is 24.4 Å². The number of carbonyl (C=O) groups is 1. The molecule has 1 amide bonds. The molecule has 0 saturated carbocycles. The molecule has 1 aliphatic rings. The van der Waals surface area contributed by atoms with E-state index in [-0.39, 0.29) is 11.0 Å². The van der Waals surface area contributed by atoms with Gasteiger partial charge in [-0.05, 0) is 54.4 Å². The largest absolute Gasteiger partial charge is 0.489 e. The number of aryl methyl sites for hydroxylation is 1. The molecule has 0 atom stereocenters. The van der Waals surface area contributed by atoms with Crippen molar-refractivity contribution in [2.24, 2.45) is 5.10 Å². The number of anilines is 1. The van der Waals surface area contributed by atoms with Crippen molar-refractivity contribution in [3.05, 3.63) is 88.9 Å². The Balaban J connectivity index is 1.51. The minimum absolute atomic E-state index is 0.0670. The zero-order valence-corrected chi connectivity index (χ0v) is 21.3. The van der Waals surface area contributed by atoms with Crippen molar-refractivity contribution in [1.29, 1.82) is 0 Å². The number of hydrogen-bond donors (Lipinski definition) is 1. The predicted octanol–water partition coefficient (Wildman–Crippen LogP) is 4.49. The summed E-state index contributed by atoms with van der Waals surface area (Å²) in [7, 11) is -4.04. The fourth-order valence-corrected chi connectivity index (χ4v) is 5.59. The highest BCUT2D eigenvalue weighted by Crippen LogP contribution is 2.29. The van der Waals surface area contributed by atoms with E-state index >= 15 is 0 Å². The molecule has 35 heavy (non-hydrogen) atoms. The van der Waals surface area contributed by atoms with Crippen LogP contribution in [-0.2, 0) is 14.8 Å². The summed E-state index contributed by atoms with van der Waals surface area (Å²) in [6.45, 7) is 1.28. The Labute approximate surface area is 214 Å². The summed E-state index contributed by atoms with van der Waals surface area (Å²) in [5, 5.41) is 4.37. The molecule has 0 aromatic heterocycles. The Kier molecular flexibility index (Phi) is 8.00. The third-order valence-corrected chi connectivity index (χ3v) is 8.45. The highest BCUT2D eigenvalue weighted by molar-refractivity contribution is 8.00. The van der Waals surface area contributed by atoms with Gasteiger partial charge in [-0.2, -0.15) is 16.9 Å². The van der Waals surface area contributed by atoms with Crippen molar-refractivity contribution in [2.75, 3.05) is 22.4 Å². The van der Waals surface area contributed by atoms with Gasteiger partial charge in [-0.15, -0.1) is 0 Å². The number of benzene rings is 3. The van der Waals surface area contributed by atoms with E-state index in [0.717, 1.165) is 27.1 Å². The van der Waals surface area contributed by atoms with E-state index in [1.54, 1.807) is 37.3 Å². The molecular weight excluding hydrogens is 506 g/mol. The molecule has 0 unspecified atom stereocenters. The number of carbonyl (C=O) groups excluding carboxylic acids is 1. The lowest BCUT2D eigenvalue weighted by molar-refractivity contribution is -0.119. The van der Waals surface area contributed by atoms with Crippen LogP contribution in [0, 0.1) is 6.92 Å². The molecule has 0 spiro atoms. The first-order valence-electron chi connectivity index (χ1n) is 10.8. The van der Waals surface area contributed by atoms with Crippen molar-refractivity contribution < 1.29 is 17.9 Å². The second-order valence-corrected chi connectivity index (χ2v) is 11.3. The van der Waals surface area contributed by atoms with Crippen molar-refractivity contribution in [2.45, 2.75) is 17.9 Å². The van der Waals surface area contributed by atoms with Crippen LogP contribution in [-0.4, -0.2) is 44.7 Å². The molecule has 1 fully saturated rings. The molecule has 10 heteroatoms. The Morgan fingerprint density at radius 1 is 1.14 bits per heavy atom. The van der Waals surface area contributed by atoms with Crippen molar-refractivity contribution in [1.82, 2.24) is 5.43 Å². The van der Waals surface area contributed by atoms with Gasteiger partial charge >= 0.3 is 0 Å². The van der Waals surface area contributed by atoms with Crippen LogP contribution in [0.15, 0.2) is 82.8 Å². The average molecular weight is 530 g/mol. The lowest BCUT2D eigenvalue weighted by atomic mass is 10.2. The SMILES string of the molecule is Cc1ccc(Cl)cc1N(CC(=O)N/N=C\c1cccc(OC2CSC2)c1)S(=O)(=O)c1ccccc1. The summed E-state index contributed by atoms with van der Waals surface area (Å²) in [5.41, 5.74) is 4.14. The molecule has 0 bridgehead atoms. The zero-order valence-electron chi connectivity index (χ0n) is 18.9. The molecule has 1 saturated heterocycles. The molecule has 3 aromatic rings. The molecule has 3 aromatic carbocycles. The number of ether oxygens (including phenoxy) is 1. The number of hydrazone groups is 1. The number of nitrogens with one attached hydrogen (secondary N) is 1. The second kappa shape index (κ2) is 11.2. The Morgan fingerprint density at radius 3 is 2.63 bits per heavy atom. The molecule has 182 valence electrons. The topological polar surface area (TPSA) is 88.1 Å². The van der Waals surface area contributed by atoms with Crippen LogP contribution in [0.3, 0.4) is 0 Å². The van der Waals surface area contributed by atoms with E-state index in [2.05, 4.69) is 10.5 Å². The van der Waals surface area contributed by atoms with Gasteiger partial charge < -0.3 is 4.74 Å². The normalized spacial score (nSPS) is 13.9. The molecule has 0 radical (unpaired) electrons. The fraction of sp³-hybridized carbons (Fsp3) is 0.200. The number of rotatable bonds is 9. The lowest BCUT2D eigenvalue weighted by Crippen LogP contribution is -2.40. The van der Waals surface area contributed by atoms with Crippen molar-refractivity contribution in [3.8, 4) is 5.75 Å². The second-order valence-electron chi connectivity index (χ2n) is 7.90. The Morgan fingerprint density at radius 2 is 1.91 bits per heavy atom. The molecule has 7 nitrogen and oxygen atoms in total. The predicted molar refractivity (Wildman–Crippen MR) is 141 cm³/mol. The third-order valence-electron chi connectivity index (χ3n) is 5.23. The van der Waals surface area contributed by atoms with Crippen LogP contribution in [0.4, 0.5) is 5.69 Å². The number of hydrogen-bond acceptors (Lipinski definition) is 6.